The fourth-order valence-electron chi connectivity index (χ4n) is 3.04. The Balaban J connectivity index is 1.82. The van der Waals surface area contributed by atoms with Gasteiger partial charge in [-0.05, 0) is 24.1 Å². The predicted octanol–water partition coefficient (Wildman–Crippen LogP) is 4.07. The third-order valence-electron chi connectivity index (χ3n) is 4.61. The molecule has 0 saturated carbocycles. The van der Waals surface area contributed by atoms with Crippen molar-refractivity contribution in [1.82, 2.24) is 4.98 Å². The van der Waals surface area contributed by atoms with Crippen LogP contribution in [-0.4, -0.2) is 46.1 Å². The highest BCUT2D eigenvalue weighted by Crippen LogP contribution is 2.39. The molecule has 0 radical (unpaired) electrons. The van der Waals surface area contributed by atoms with Crippen molar-refractivity contribution >= 4 is 19.5 Å². The second-order valence-electron chi connectivity index (χ2n) is 7.24. The van der Waals surface area contributed by atoms with Crippen molar-refractivity contribution in [2.75, 3.05) is 41.1 Å². The van der Waals surface area contributed by atoms with Crippen LogP contribution in [-0.2, 0) is 20.0 Å². The van der Waals surface area contributed by atoms with Gasteiger partial charge >= 0.3 is 8.60 Å². The van der Waals surface area contributed by atoms with Crippen molar-refractivity contribution in [1.29, 1.82) is 0 Å². The molecule has 1 aromatic heterocycles. The lowest BCUT2D eigenvalue weighted by Gasteiger charge is -2.15. The highest BCUT2D eigenvalue weighted by Gasteiger charge is 2.13. The van der Waals surface area contributed by atoms with Gasteiger partial charge in [-0.25, -0.2) is 0 Å². The van der Waals surface area contributed by atoms with E-state index in [2.05, 4.69) is 38.3 Å². The van der Waals surface area contributed by atoms with Gasteiger partial charge in [-0.3, -0.25) is 4.52 Å². The molecule has 1 atom stereocenters. The van der Waals surface area contributed by atoms with Gasteiger partial charge in [0.15, 0.2) is 6.79 Å². The van der Waals surface area contributed by atoms with Gasteiger partial charge in [0.05, 0.1) is 27.2 Å². The molecule has 1 aromatic carbocycles. The zero-order valence-corrected chi connectivity index (χ0v) is 18.6. The van der Waals surface area contributed by atoms with E-state index in [1.54, 1.807) is 7.11 Å². The Labute approximate surface area is 170 Å². The molecule has 158 valence electrons. The molecule has 0 aliphatic heterocycles. The van der Waals surface area contributed by atoms with Gasteiger partial charge < -0.3 is 23.7 Å². The van der Waals surface area contributed by atoms with Crippen LogP contribution in [0.25, 0.3) is 10.9 Å². The summed E-state index contributed by atoms with van der Waals surface area (Å²) in [6.45, 7) is 4.05. The zero-order valence-electron chi connectivity index (χ0n) is 17.8. The van der Waals surface area contributed by atoms with Crippen LogP contribution in [0, 0.1) is 0 Å². The van der Waals surface area contributed by atoms with E-state index < -0.39 is 8.60 Å². The molecule has 0 bridgehead atoms. The van der Waals surface area contributed by atoms with Crippen molar-refractivity contribution in [2.24, 2.45) is 0 Å². The quantitative estimate of drug-likeness (QED) is 0.264. The average molecular weight is 412 g/mol. The third kappa shape index (κ3) is 7.69. The van der Waals surface area contributed by atoms with Gasteiger partial charge in [0, 0.05) is 30.6 Å². The maximum atomic E-state index is 5.92. The van der Waals surface area contributed by atoms with Crippen molar-refractivity contribution < 1.29 is 23.2 Å². The summed E-state index contributed by atoms with van der Waals surface area (Å²) in [5.41, 5.74) is 2.35. The van der Waals surface area contributed by atoms with E-state index in [9.17, 15) is 0 Å². The van der Waals surface area contributed by atoms with E-state index in [0.29, 0.717) is 6.61 Å². The number of benzene rings is 1. The molecular formula is C21H36N2O4P+. The van der Waals surface area contributed by atoms with E-state index in [1.165, 1.54) is 36.1 Å². The molecular weight excluding hydrogens is 375 g/mol. The van der Waals surface area contributed by atoms with Gasteiger partial charge in [0.25, 0.3) is 0 Å². The van der Waals surface area contributed by atoms with Crippen LogP contribution in [0.3, 0.4) is 0 Å². The molecule has 28 heavy (non-hydrogen) atoms. The van der Waals surface area contributed by atoms with Crippen LogP contribution in [0.1, 0.15) is 44.6 Å². The minimum atomic E-state index is -1.37. The smallest absolute Gasteiger partial charge is 0.335 e. The van der Waals surface area contributed by atoms with Gasteiger partial charge in [0.1, 0.15) is 5.75 Å². The summed E-state index contributed by atoms with van der Waals surface area (Å²) in [6.07, 6.45) is 9.08. The molecule has 7 heteroatoms. The van der Waals surface area contributed by atoms with Crippen LogP contribution < -0.4 is 9.64 Å². The van der Waals surface area contributed by atoms with E-state index in [4.69, 9.17) is 18.3 Å². The number of hydrogen-bond donors (Lipinski definition) is 2. The van der Waals surface area contributed by atoms with Gasteiger partial charge in [-0.15, -0.1) is 0 Å². The maximum Gasteiger partial charge on any atom is 0.335 e. The second kappa shape index (κ2) is 13.1. The molecule has 2 N–H and O–H groups in total. The average Bonchev–Trinajstić information content (AvgIpc) is 3.11. The Morgan fingerprint density at radius 2 is 1.89 bits per heavy atom. The van der Waals surface area contributed by atoms with E-state index in [1.807, 2.05) is 12.1 Å². The molecule has 6 nitrogen and oxygen atoms in total. The number of rotatable bonds is 15. The summed E-state index contributed by atoms with van der Waals surface area (Å²) in [4.78, 5) is 4.76. The zero-order chi connectivity index (χ0) is 20.2. The Morgan fingerprint density at radius 1 is 1.07 bits per heavy atom. The molecule has 2 rings (SSSR count). The third-order valence-corrected chi connectivity index (χ3v) is 5.62. The minimum Gasteiger partial charge on any atom is -0.466 e. The molecule has 0 fully saturated rings. The summed E-state index contributed by atoms with van der Waals surface area (Å²) in [5.74, 6) is 0.827. The lowest BCUT2D eigenvalue weighted by molar-refractivity contribution is -0.858. The van der Waals surface area contributed by atoms with Crippen molar-refractivity contribution in [3.63, 3.8) is 0 Å². The Hall–Kier alpha value is -1.17. The van der Waals surface area contributed by atoms with E-state index >= 15 is 0 Å². The Bertz CT molecular complexity index is 677. The van der Waals surface area contributed by atoms with E-state index in [-0.39, 0.29) is 6.79 Å². The molecule has 1 heterocycles. The highest BCUT2D eigenvalue weighted by molar-refractivity contribution is 7.41. The molecule has 1 unspecified atom stereocenters. The first-order chi connectivity index (χ1) is 13.7. The van der Waals surface area contributed by atoms with Gasteiger partial charge in [-0.1, -0.05) is 38.7 Å². The number of fused-ring (bicyclic) bond motifs is 1. The van der Waals surface area contributed by atoms with Crippen LogP contribution in [0.5, 0.6) is 5.75 Å². The SMILES string of the molecule is CCCCCCCOP(OC)OCOc1cccc2[nH]cc(CC[NH+](C)C)c12. The summed E-state index contributed by atoms with van der Waals surface area (Å²) in [5, 5.41) is 1.13. The molecule has 2 aromatic rings. The highest BCUT2D eigenvalue weighted by atomic mass is 31.2. The number of aromatic amines is 1. The number of hydrogen-bond acceptors (Lipinski definition) is 4. The molecule has 0 saturated heterocycles. The normalized spacial score (nSPS) is 12.8. The first kappa shape index (κ1) is 23.1. The standard InChI is InChI=1S/C21H35N2O4P/c1-5-6-7-8-9-15-26-28(24-4)27-17-25-20-12-10-11-19-21(20)18(16-22-19)13-14-23(2)3/h10-12,16,22H,5-9,13-15,17H2,1-4H3/p+1. The number of nitrogens with one attached hydrogen (secondary N) is 2. The van der Waals surface area contributed by atoms with Gasteiger partial charge in [0.2, 0.25) is 0 Å². The Kier molecular flexibility index (Phi) is 10.8. The number of ether oxygens (including phenoxy) is 1. The van der Waals surface area contributed by atoms with E-state index in [0.717, 1.165) is 36.0 Å². The topological polar surface area (TPSA) is 57.1 Å². The van der Waals surface area contributed by atoms with Crippen LogP contribution in [0.4, 0.5) is 0 Å². The van der Waals surface area contributed by atoms with Crippen molar-refractivity contribution in [3.05, 3.63) is 30.0 Å². The predicted molar refractivity (Wildman–Crippen MR) is 115 cm³/mol. The van der Waals surface area contributed by atoms with Crippen LogP contribution >= 0.6 is 8.60 Å². The number of aromatic nitrogens is 1. The Morgan fingerprint density at radius 3 is 2.64 bits per heavy atom. The number of likely N-dealkylation sites (N-methyl/N-ethyl adjacent to an activating group) is 1. The van der Waals surface area contributed by atoms with Crippen molar-refractivity contribution in [3.8, 4) is 5.75 Å². The second-order valence-corrected chi connectivity index (χ2v) is 8.57. The molecule has 0 aliphatic carbocycles. The summed E-state index contributed by atoms with van der Waals surface area (Å²) >= 11 is 0. The van der Waals surface area contributed by atoms with Gasteiger partial charge in [-0.2, -0.15) is 0 Å². The largest absolute Gasteiger partial charge is 0.466 e. The maximum absolute atomic E-state index is 5.92. The van der Waals surface area contributed by atoms with Crippen LogP contribution in [0.15, 0.2) is 24.4 Å². The summed E-state index contributed by atoms with van der Waals surface area (Å²) < 4.78 is 22.6. The molecule has 0 aliphatic rings. The number of quaternary nitrogens is 1. The fraction of sp³-hybridized carbons (Fsp3) is 0.619. The first-order valence-corrected chi connectivity index (χ1v) is 11.4. The molecule has 0 amide bonds. The monoisotopic (exact) mass is 411 g/mol. The lowest BCUT2D eigenvalue weighted by Crippen LogP contribution is -3.05. The fourth-order valence-corrected chi connectivity index (χ4v) is 3.74. The number of unbranched alkanes of at least 4 members (excludes halogenated alkanes) is 4. The lowest BCUT2D eigenvalue weighted by atomic mass is 10.1. The minimum absolute atomic E-state index is 0.109. The van der Waals surface area contributed by atoms with Crippen molar-refractivity contribution in [2.45, 2.75) is 45.4 Å². The number of H-pyrrole nitrogens is 1. The molecule has 0 spiro atoms. The first-order valence-electron chi connectivity index (χ1n) is 10.3. The van der Waals surface area contributed by atoms with Crippen LogP contribution in [0.2, 0.25) is 0 Å². The summed E-state index contributed by atoms with van der Waals surface area (Å²) in [6, 6.07) is 6.04. The summed E-state index contributed by atoms with van der Waals surface area (Å²) in [7, 11) is 4.57.